The highest BCUT2D eigenvalue weighted by Crippen LogP contribution is 2.26. The molecule has 0 fully saturated rings. The zero-order valence-corrected chi connectivity index (χ0v) is 12.3. The molecule has 102 valence electrons. The third-order valence-electron chi connectivity index (χ3n) is 3.29. The minimum atomic E-state index is 0.164. The lowest BCUT2D eigenvalue weighted by molar-refractivity contribution is 0.467. The Labute approximate surface area is 115 Å². The van der Waals surface area contributed by atoms with E-state index in [1.54, 1.807) is 0 Å². The maximum Gasteiger partial charge on any atom is 0.126 e. The van der Waals surface area contributed by atoms with Gasteiger partial charge in [0.05, 0.1) is 6.04 Å². The second-order valence-corrected chi connectivity index (χ2v) is 5.21. The molecule has 19 heavy (non-hydrogen) atoms. The highest BCUT2D eigenvalue weighted by molar-refractivity contribution is 5.60. The van der Waals surface area contributed by atoms with Crippen LogP contribution in [-0.4, -0.2) is 14.1 Å². The van der Waals surface area contributed by atoms with E-state index in [-0.39, 0.29) is 6.04 Å². The van der Waals surface area contributed by atoms with Crippen LogP contribution >= 0.6 is 0 Å². The highest BCUT2D eigenvalue weighted by atomic mass is 16.3. The first-order valence-corrected chi connectivity index (χ1v) is 6.58. The van der Waals surface area contributed by atoms with Crippen LogP contribution in [0.4, 0.5) is 11.4 Å². The lowest BCUT2D eigenvalue weighted by atomic mass is 10.1. The first kappa shape index (κ1) is 13.5. The molecular weight excluding hydrogens is 236 g/mol. The number of anilines is 2. The molecule has 3 heteroatoms. The smallest absolute Gasteiger partial charge is 0.126 e. The fourth-order valence-electron chi connectivity index (χ4n) is 2.08. The molecule has 0 aliphatic carbocycles. The van der Waals surface area contributed by atoms with Gasteiger partial charge in [0.2, 0.25) is 0 Å². The molecule has 0 saturated heterocycles. The summed E-state index contributed by atoms with van der Waals surface area (Å²) < 4.78 is 5.65. The van der Waals surface area contributed by atoms with Crippen LogP contribution in [0.3, 0.4) is 0 Å². The summed E-state index contributed by atoms with van der Waals surface area (Å²) in [6.07, 6.45) is 0. The number of nitrogens with zero attached hydrogens (tertiary/aromatic N) is 1. The second kappa shape index (κ2) is 5.39. The van der Waals surface area contributed by atoms with Crippen molar-refractivity contribution >= 4 is 11.4 Å². The largest absolute Gasteiger partial charge is 0.464 e. The van der Waals surface area contributed by atoms with E-state index in [1.807, 2.05) is 19.1 Å². The van der Waals surface area contributed by atoms with Crippen molar-refractivity contribution in [1.82, 2.24) is 0 Å². The predicted molar refractivity (Wildman–Crippen MR) is 81.0 cm³/mol. The van der Waals surface area contributed by atoms with E-state index < -0.39 is 0 Å². The fourth-order valence-corrected chi connectivity index (χ4v) is 2.08. The third kappa shape index (κ3) is 3.11. The highest BCUT2D eigenvalue weighted by Gasteiger charge is 2.10. The third-order valence-corrected chi connectivity index (χ3v) is 3.29. The van der Waals surface area contributed by atoms with Crippen LogP contribution in [0.1, 0.15) is 30.0 Å². The van der Waals surface area contributed by atoms with Crippen LogP contribution in [0.25, 0.3) is 0 Å². The second-order valence-electron chi connectivity index (χ2n) is 5.21. The van der Waals surface area contributed by atoms with Gasteiger partial charge in [-0.1, -0.05) is 0 Å². The number of hydrogen-bond donors (Lipinski definition) is 1. The molecule has 0 radical (unpaired) electrons. The first-order chi connectivity index (χ1) is 8.97. The summed E-state index contributed by atoms with van der Waals surface area (Å²) in [4.78, 5) is 2.11. The van der Waals surface area contributed by atoms with E-state index in [0.29, 0.717) is 0 Å². The van der Waals surface area contributed by atoms with Gasteiger partial charge in [0.15, 0.2) is 0 Å². The van der Waals surface area contributed by atoms with Crippen molar-refractivity contribution in [1.29, 1.82) is 0 Å². The fraction of sp³-hybridized carbons (Fsp3) is 0.375. The molecule has 0 aliphatic rings. The molecule has 0 spiro atoms. The molecule has 1 aromatic heterocycles. The Morgan fingerprint density at radius 3 is 2.37 bits per heavy atom. The van der Waals surface area contributed by atoms with Crippen molar-refractivity contribution in [2.24, 2.45) is 0 Å². The molecule has 1 atom stereocenters. The van der Waals surface area contributed by atoms with Gasteiger partial charge in [-0.2, -0.15) is 0 Å². The van der Waals surface area contributed by atoms with E-state index in [2.05, 4.69) is 56.4 Å². The van der Waals surface area contributed by atoms with Crippen molar-refractivity contribution in [3.8, 4) is 0 Å². The molecule has 2 aromatic rings. The molecule has 0 aliphatic heterocycles. The van der Waals surface area contributed by atoms with Crippen molar-refractivity contribution in [2.45, 2.75) is 26.8 Å². The Bertz CT molecular complexity index is 558. The average Bonchev–Trinajstić information content (AvgIpc) is 2.78. The van der Waals surface area contributed by atoms with Crippen LogP contribution in [0.15, 0.2) is 34.7 Å². The van der Waals surface area contributed by atoms with Gasteiger partial charge in [-0.15, -0.1) is 0 Å². The number of hydrogen-bond acceptors (Lipinski definition) is 3. The lowest BCUT2D eigenvalue weighted by Crippen LogP contribution is -2.10. The number of nitrogens with one attached hydrogen (secondary N) is 1. The van der Waals surface area contributed by atoms with Crippen LogP contribution in [0.2, 0.25) is 0 Å². The molecule has 3 nitrogen and oxygen atoms in total. The quantitative estimate of drug-likeness (QED) is 0.893. The van der Waals surface area contributed by atoms with Crippen LogP contribution in [0.5, 0.6) is 0 Å². The summed E-state index contributed by atoms with van der Waals surface area (Å²) in [5.41, 5.74) is 3.60. The van der Waals surface area contributed by atoms with Gasteiger partial charge in [0.25, 0.3) is 0 Å². The summed E-state index contributed by atoms with van der Waals surface area (Å²) in [6.45, 7) is 6.19. The molecule has 0 saturated carbocycles. The zero-order valence-electron chi connectivity index (χ0n) is 12.3. The van der Waals surface area contributed by atoms with Crippen molar-refractivity contribution in [3.63, 3.8) is 0 Å². The van der Waals surface area contributed by atoms with Crippen molar-refractivity contribution in [2.75, 3.05) is 24.3 Å². The molecule has 1 heterocycles. The van der Waals surface area contributed by atoms with Gasteiger partial charge in [-0.05, 0) is 56.7 Å². The van der Waals surface area contributed by atoms with E-state index in [1.165, 1.54) is 11.3 Å². The Kier molecular flexibility index (Phi) is 3.84. The summed E-state index contributed by atoms with van der Waals surface area (Å²) in [5.74, 6) is 1.91. The molecule has 1 aromatic carbocycles. The monoisotopic (exact) mass is 258 g/mol. The van der Waals surface area contributed by atoms with Gasteiger partial charge in [0, 0.05) is 25.5 Å². The normalized spacial score (nSPS) is 12.3. The summed E-state index contributed by atoms with van der Waals surface area (Å²) in [5, 5.41) is 3.49. The first-order valence-electron chi connectivity index (χ1n) is 6.58. The summed E-state index contributed by atoms with van der Waals surface area (Å²) in [6, 6.07) is 10.6. The lowest BCUT2D eigenvalue weighted by Gasteiger charge is -2.18. The SMILES string of the molecule is Cc1ccc(C(C)Nc2ccc(N(C)C)cc2C)o1. The number of rotatable bonds is 4. The van der Waals surface area contributed by atoms with Gasteiger partial charge >= 0.3 is 0 Å². The minimum absolute atomic E-state index is 0.164. The Morgan fingerprint density at radius 1 is 1.11 bits per heavy atom. The predicted octanol–water partition coefficient (Wildman–Crippen LogP) is 4.14. The number of benzene rings is 1. The van der Waals surface area contributed by atoms with Gasteiger partial charge in [0.1, 0.15) is 11.5 Å². The molecule has 0 amide bonds. The van der Waals surface area contributed by atoms with Crippen LogP contribution < -0.4 is 10.2 Å². The Balaban J connectivity index is 2.15. The van der Waals surface area contributed by atoms with Crippen LogP contribution in [0, 0.1) is 13.8 Å². The molecular formula is C16H22N2O. The van der Waals surface area contributed by atoms with Crippen molar-refractivity contribution in [3.05, 3.63) is 47.4 Å². The maximum atomic E-state index is 5.65. The Hall–Kier alpha value is -1.90. The molecule has 2 rings (SSSR count). The van der Waals surface area contributed by atoms with E-state index >= 15 is 0 Å². The van der Waals surface area contributed by atoms with E-state index in [9.17, 15) is 0 Å². The van der Waals surface area contributed by atoms with Gasteiger partial charge < -0.3 is 14.6 Å². The summed E-state index contributed by atoms with van der Waals surface area (Å²) >= 11 is 0. The summed E-state index contributed by atoms with van der Waals surface area (Å²) in [7, 11) is 4.10. The molecule has 1 unspecified atom stereocenters. The average molecular weight is 258 g/mol. The molecule has 0 bridgehead atoms. The number of furan rings is 1. The van der Waals surface area contributed by atoms with Gasteiger partial charge in [-0.25, -0.2) is 0 Å². The van der Waals surface area contributed by atoms with Crippen LogP contribution in [-0.2, 0) is 0 Å². The van der Waals surface area contributed by atoms with E-state index in [4.69, 9.17) is 4.42 Å². The van der Waals surface area contributed by atoms with Crippen molar-refractivity contribution < 1.29 is 4.42 Å². The van der Waals surface area contributed by atoms with E-state index in [0.717, 1.165) is 17.2 Å². The van der Waals surface area contributed by atoms with Gasteiger partial charge in [-0.3, -0.25) is 0 Å². The topological polar surface area (TPSA) is 28.4 Å². The standard InChI is InChI=1S/C16H22N2O/c1-11-10-14(18(4)5)7-8-15(11)17-13(3)16-9-6-12(2)19-16/h6-10,13,17H,1-5H3. The maximum absolute atomic E-state index is 5.65. The Morgan fingerprint density at radius 2 is 1.84 bits per heavy atom. The number of aryl methyl sites for hydroxylation is 2. The molecule has 1 N–H and O–H groups in total. The minimum Gasteiger partial charge on any atom is -0.464 e. The zero-order chi connectivity index (χ0) is 14.0.